The van der Waals surface area contributed by atoms with Crippen molar-refractivity contribution < 1.29 is 23.1 Å². The molecule has 1 aliphatic heterocycles. The van der Waals surface area contributed by atoms with E-state index in [-0.39, 0.29) is 11.3 Å². The van der Waals surface area contributed by atoms with Crippen LogP contribution in [0.25, 0.3) is 0 Å². The molecule has 0 fully saturated rings. The van der Waals surface area contributed by atoms with Gasteiger partial charge in [0, 0.05) is 0 Å². The van der Waals surface area contributed by atoms with Gasteiger partial charge in [-0.3, -0.25) is 4.79 Å². The van der Waals surface area contributed by atoms with Crippen LogP contribution in [0.1, 0.15) is 17.2 Å². The number of para-hydroxylation sites is 1. The van der Waals surface area contributed by atoms with Gasteiger partial charge in [0.05, 0.1) is 11.8 Å². The number of aryl methyl sites for hydroxylation is 1. The number of hydrazone groups is 1. The molecule has 0 saturated heterocycles. The number of alkyl halides is 3. The van der Waals surface area contributed by atoms with E-state index in [2.05, 4.69) is 5.10 Å². The van der Waals surface area contributed by atoms with Gasteiger partial charge in [0.15, 0.2) is 5.71 Å². The normalized spacial score (nSPS) is 19.1. The lowest BCUT2D eigenvalue weighted by Gasteiger charge is -2.20. The first-order chi connectivity index (χ1) is 11.8. The number of amides is 1. The number of carbonyl (C=O) groups is 1. The highest BCUT2D eigenvalue weighted by Crippen LogP contribution is 2.38. The fraction of sp³-hybridized carbons (Fsp3) is 0.222. The molecule has 130 valence electrons. The fourth-order valence-electron chi connectivity index (χ4n) is 2.70. The summed E-state index contributed by atoms with van der Waals surface area (Å²) in [5.41, 5.74) is 0.0439. The van der Waals surface area contributed by atoms with E-state index in [0.717, 1.165) is 5.56 Å². The summed E-state index contributed by atoms with van der Waals surface area (Å²) in [6.07, 6.45) is -6.46. The molecule has 4 nitrogen and oxygen atoms in total. The first kappa shape index (κ1) is 17.2. The Morgan fingerprint density at radius 2 is 1.68 bits per heavy atom. The van der Waals surface area contributed by atoms with Crippen LogP contribution in [0.4, 0.5) is 18.9 Å². The first-order valence-electron chi connectivity index (χ1n) is 7.58. The van der Waals surface area contributed by atoms with Gasteiger partial charge in [-0.05, 0) is 24.6 Å². The van der Waals surface area contributed by atoms with Gasteiger partial charge in [-0.1, -0.05) is 48.0 Å². The van der Waals surface area contributed by atoms with Gasteiger partial charge in [0.25, 0.3) is 5.91 Å². The number of nitrogens with zero attached hydrogens (tertiary/aromatic N) is 2. The van der Waals surface area contributed by atoms with Crippen LogP contribution in [0.15, 0.2) is 59.7 Å². The van der Waals surface area contributed by atoms with Gasteiger partial charge in [-0.15, -0.1) is 0 Å². The molecule has 0 radical (unpaired) electrons. The predicted octanol–water partition coefficient (Wildman–Crippen LogP) is 3.61. The number of aliphatic hydroxyl groups excluding tert-OH is 1. The van der Waals surface area contributed by atoms with E-state index in [4.69, 9.17) is 0 Å². The van der Waals surface area contributed by atoms with Gasteiger partial charge in [-0.2, -0.15) is 23.3 Å². The Morgan fingerprint density at radius 3 is 2.24 bits per heavy atom. The first-order valence-corrected chi connectivity index (χ1v) is 7.58. The molecule has 1 heterocycles. The quantitative estimate of drug-likeness (QED) is 0.921. The monoisotopic (exact) mass is 348 g/mol. The van der Waals surface area contributed by atoms with Crippen LogP contribution in [0.5, 0.6) is 0 Å². The molecule has 0 aromatic heterocycles. The summed E-state index contributed by atoms with van der Waals surface area (Å²) in [6.45, 7) is 1.82. The van der Waals surface area contributed by atoms with Crippen LogP contribution < -0.4 is 5.01 Å². The van der Waals surface area contributed by atoms with E-state index < -0.39 is 29.8 Å². The van der Waals surface area contributed by atoms with E-state index in [9.17, 15) is 23.1 Å². The molecule has 0 unspecified atom stereocenters. The van der Waals surface area contributed by atoms with Crippen molar-refractivity contribution in [3.05, 3.63) is 65.7 Å². The number of hydrogen-bond donors (Lipinski definition) is 1. The van der Waals surface area contributed by atoms with Gasteiger partial charge in [0.2, 0.25) is 0 Å². The molecule has 1 N–H and O–H groups in total. The number of rotatable bonds is 3. The summed E-state index contributed by atoms with van der Waals surface area (Å²) in [4.78, 5) is 12.6. The van der Waals surface area contributed by atoms with Gasteiger partial charge < -0.3 is 5.11 Å². The minimum Gasteiger partial charge on any atom is -0.387 e. The molecule has 0 aliphatic carbocycles. The maximum atomic E-state index is 13.4. The highest BCUT2D eigenvalue weighted by molar-refractivity contribution is 6.17. The lowest BCUT2D eigenvalue weighted by Crippen LogP contribution is -2.37. The van der Waals surface area contributed by atoms with E-state index in [0.29, 0.717) is 5.01 Å². The molecule has 2 atom stereocenters. The molecule has 25 heavy (non-hydrogen) atoms. The standard InChI is InChI=1S/C18H15F3N2O2/c1-11-7-9-12(10-8-11)15(24)14-16(18(19,20)21)22-23(17(14)25)13-5-3-2-4-6-13/h2-10,14-15,24H,1H3/t14-,15-/m0/s1. The summed E-state index contributed by atoms with van der Waals surface area (Å²) < 4.78 is 40.2. The SMILES string of the molecule is Cc1ccc([C@H](O)[C@@H]2C(=O)N(c3ccccc3)N=C2C(F)(F)F)cc1. The maximum Gasteiger partial charge on any atom is 0.432 e. The summed E-state index contributed by atoms with van der Waals surface area (Å²) in [5.74, 6) is -2.71. The number of aliphatic hydroxyl groups is 1. The predicted molar refractivity (Wildman–Crippen MR) is 87.0 cm³/mol. The van der Waals surface area contributed by atoms with Crippen LogP contribution in [-0.4, -0.2) is 22.9 Å². The number of carbonyl (C=O) groups excluding carboxylic acids is 1. The van der Waals surface area contributed by atoms with E-state index in [1.165, 1.54) is 24.3 Å². The number of hydrogen-bond acceptors (Lipinski definition) is 3. The molecular formula is C18H15F3N2O2. The molecule has 2 aromatic carbocycles. The Labute approximate surface area is 142 Å². The molecule has 7 heteroatoms. The minimum atomic E-state index is -4.82. The van der Waals surface area contributed by atoms with Crippen molar-refractivity contribution in [1.29, 1.82) is 0 Å². The summed E-state index contributed by atoms with van der Waals surface area (Å²) in [5, 5.41) is 14.6. The van der Waals surface area contributed by atoms with Crippen LogP contribution >= 0.6 is 0 Å². The third kappa shape index (κ3) is 3.28. The van der Waals surface area contributed by atoms with Crippen molar-refractivity contribution in [3.63, 3.8) is 0 Å². The smallest absolute Gasteiger partial charge is 0.387 e. The third-order valence-electron chi connectivity index (χ3n) is 4.00. The Kier molecular flexibility index (Phi) is 4.34. The van der Waals surface area contributed by atoms with Crippen molar-refractivity contribution >= 4 is 17.3 Å². The summed E-state index contributed by atoms with van der Waals surface area (Å²) in [7, 11) is 0. The number of halogens is 3. The number of anilines is 1. The molecule has 3 rings (SSSR count). The second kappa shape index (κ2) is 6.33. The Balaban J connectivity index is 2.01. The maximum absolute atomic E-state index is 13.4. The van der Waals surface area contributed by atoms with Crippen molar-refractivity contribution in [1.82, 2.24) is 0 Å². The highest BCUT2D eigenvalue weighted by Gasteiger charge is 2.53. The van der Waals surface area contributed by atoms with Crippen molar-refractivity contribution in [2.24, 2.45) is 11.0 Å². The number of benzene rings is 2. The molecule has 1 aliphatic rings. The van der Waals surface area contributed by atoms with Gasteiger partial charge in [0.1, 0.15) is 5.92 Å². The molecule has 0 spiro atoms. The topological polar surface area (TPSA) is 52.9 Å². The van der Waals surface area contributed by atoms with Crippen LogP contribution in [0.3, 0.4) is 0 Å². The van der Waals surface area contributed by atoms with E-state index >= 15 is 0 Å². The fourth-order valence-corrected chi connectivity index (χ4v) is 2.70. The Bertz CT molecular complexity index is 801. The van der Waals surface area contributed by atoms with Crippen molar-refractivity contribution in [3.8, 4) is 0 Å². The largest absolute Gasteiger partial charge is 0.432 e. The third-order valence-corrected chi connectivity index (χ3v) is 4.00. The zero-order chi connectivity index (χ0) is 18.2. The average molecular weight is 348 g/mol. The summed E-state index contributed by atoms with van der Waals surface area (Å²) in [6, 6.07) is 14.2. The Morgan fingerprint density at radius 1 is 1.08 bits per heavy atom. The lowest BCUT2D eigenvalue weighted by molar-refractivity contribution is -0.123. The molecule has 1 amide bonds. The average Bonchev–Trinajstić information content (AvgIpc) is 2.93. The van der Waals surface area contributed by atoms with Crippen LogP contribution in [0, 0.1) is 12.8 Å². The van der Waals surface area contributed by atoms with Crippen LogP contribution in [0.2, 0.25) is 0 Å². The zero-order valence-corrected chi connectivity index (χ0v) is 13.2. The van der Waals surface area contributed by atoms with E-state index in [1.807, 2.05) is 6.92 Å². The second-order valence-corrected chi connectivity index (χ2v) is 5.80. The highest BCUT2D eigenvalue weighted by atomic mass is 19.4. The Hall–Kier alpha value is -2.67. The molecule has 0 bridgehead atoms. The summed E-state index contributed by atoms with van der Waals surface area (Å²) >= 11 is 0. The van der Waals surface area contributed by atoms with Gasteiger partial charge >= 0.3 is 6.18 Å². The molecular weight excluding hydrogens is 333 g/mol. The second-order valence-electron chi connectivity index (χ2n) is 5.80. The van der Waals surface area contributed by atoms with E-state index in [1.54, 1.807) is 30.3 Å². The van der Waals surface area contributed by atoms with Crippen molar-refractivity contribution in [2.45, 2.75) is 19.2 Å². The molecule has 0 saturated carbocycles. The van der Waals surface area contributed by atoms with Crippen LogP contribution in [-0.2, 0) is 4.79 Å². The zero-order valence-electron chi connectivity index (χ0n) is 13.2. The minimum absolute atomic E-state index is 0.216. The van der Waals surface area contributed by atoms with Crippen molar-refractivity contribution in [2.75, 3.05) is 5.01 Å². The lowest BCUT2D eigenvalue weighted by atomic mass is 9.90. The van der Waals surface area contributed by atoms with Gasteiger partial charge in [-0.25, -0.2) is 0 Å². The molecule has 2 aromatic rings.